The highest BCUT2D eigenvalue weighted by atomic mass is 16.5. The lowest BCUT2D eigenvalue weighted by Gasteiger charge is -2.22. The Kier molecular flexibility index (Phi) is 8.32. The normalized spacial score (nSPS) is 17.3. The zero-order valence-electron chi connectivity index (χ0n) is 22.6. The fourth-order valence-corrected chi connectivity index (χ4v) is 5.37. The maximum atomic E-state index is 13.4. The third-order valence-electron chi connectivity index (χ3n) is 7.99. The van der Waals surface area contributed by atoms with Gasteiger partial charge >= 0.3 is 0 Å². The molecule has 0 bridgehead atoms. The Morgan fingerprint density at radius 3 is 2.50 bits per heavy atom. The Hall–Kier alpha value is -3.32. The van der Waals surface area contributed by atoms with E-state index in [2.05, 4.69) is 20.5 Å². The molecule has 2 aromatic carbocycles. The minimum absolute atomic E-state index is 0.147. The van der Waals surface area contributed by atoms with Crippen molar-refractivity contribution in [2.45, 2.75) is 64.5 Å². The van der Waals surface area contributed by atoms with Crippen molar-refractivity contribution in [2.75, 3.05) is 26.2 Å². The number of carbonyl (C=O) groups is 2. The summed E-state index contributed by atoms with van der Waals surface area (Å²) in [5.41, 5.74) is 3.34. The summed E-state index contributed by atoms with van der Waals surface area (Å²) in [5.74, 6) is 1.13. The van der Waals surface area contributed by atoms with Gasteiger partial charge in [-0.25, -0.2) is 0 Å². The van der Waals surface area contributed by atoms with E-state index in [-0.39, 0.29) is 17.9 Å². The van der Waals surface area contributed by atoms with E-state index < -0.39 is 6.04 Å². The van der Waals surface area contributed by atoms with E-state index in [9.17, 15) is 9.59 Å². The van der Waals surface area contributed by atoms with Crippen molar-refractivity contribution in [3.05, 3.63) is 65.4 Å². The van der Waals surface area contributed by atoms with Gasteiger partial charge in [-0.05, 0) is 87.9 Å². The van der Waals surface area contributed by atoms with Gasteiger partial charge in [-0.15, -0.1) is 0 Å². The van der Waals surface area contributed by atoms with Gasteiger partial charge in [0.05, 0.1) is 6.04 Å². The number of amides is 2. The molecule has 0 radical (unpaired) electrons. The molecule has 202 valence electrons. The van der Waals surface area contributed by atoms with Gasteiger partial charge in [0.15, 0.2) is 0 Å². The lowest BCUT2D eigenvalue weighted by atomic mass is 10.0. The Labute approximate surface area is 225 Å². The van der Waals surface area contributed by atoms with Crippen molar-refractivity contribution >= 4 is 22.7 Å². The summed E-state index contributed by atoms with van der Waals surface area (Å²) in [6.45, 7) is 7.90. The zero-order valence-corrected chi connectivity index (χ0v) is 22.6. The topological polar surface area (TPSA) is 86.5 Å². The highest BCUT2D eigenvalue weighted by Crippen LogP contribution is 2.34. The fraction of sp³-hybridized carbons (Fsp3) is 0.484. The second-order valence-corrected chi connectivity index (χ2v) is 10.9. The van der Waals surface area contributed by atoms with E-state index in [4.69, 9.17) is 4.74 Å². The molecule has 1 saturated heterocycles. The van der Waals surface area contributed by atoms with E-state index in [1.165, 1.54) is 38.8 Å². The highest BCUT2D eigenvalue weighted by Gasteiger charge is 2.28. The van der Waals surface area contributed by atoms with Gasteiger partial charge < -0.3 is 20.4 Å². The molecule has 2 aliphatic rings. The van der Waals surface area contributed by atoms with Gasteiger partial charge in [0, 0.05) is 17.4 Å². The number of likely N-dealkylation sites (tertiary alicyclic amines) is 1. The molecule has 0 unspecified atom stereocenters. The summed E-state index contributed by atoms with van der Waals surface area (Å²) < 4.78 is 5.92. The van der Waals surface area contributed by atoms with E-state index in [1.54, 1.807) is 0 Å². The van der Waals surface area contributed by atoms with Gasteiger partial charge in [-0.3, -0.25) is 14.5 Å². The number of aromatic nitrogens is 1. The number of para-hydroxylation sites is 1. The molecule has 2 fully saturated rings. The first-order valence-electron chi connectivity index (χ1n) is 14.1. The number of aromatic amines is 1. The lowest BCUT2D eigenvalue weighted by molar-refractivity contribution is -0.123. The molecule has 1 aliphatic heterocycles. The van der Waals surface area contributed by atoms with Crippen LogP contribution in [0.15, 0.2) is 48.5 Å². The molecule has 1 aliphatic carbocycles. The number of ether oxygens (including phenoxy) is 1. The van der Waals surface area contributed by atoms with Crippen LogP contribution in [0.3, 0.4) is 0 Å². The van der Waals surface area contributed by atoms with Crippen molar-refractivity contribution in [2.24, 2.45) is 5.92 Å². The monoisotopic (exact) mass is 516 g/mol. The molecule has 1 aromatic heterocycles. The molecule has 38 heavy (non-hydrogen) atoms. The average Bonchev–Trinajstić information content (AvgIpc) is 3.49. The van der Waals surface area contributed by atoms with Gasteiger partial charge in [0.25, 0.3) is 5.91 Å². The summed E-state index contributed by atoms with van der Waals surface area (Å²) in [4.78, 5) is 32.3. The van der Waals surface area contributed by atoms with Gasteiger partial charge in [0.1, 0.15) is 24.1 Å². The Morgan fingerprint density at radius 2 is 1.79 bits per heavy atom. The standard InChI is InChI=1S/C31H40N4O3/c1-21-26-7-3-4-8-27(26)33-29(21)31(37)34-28(16-11-23-9-10-23)30(36)32-22(2)24-12-14-25(15-13-24)38-20-19-35-17-5-6-18-35/h3-4,7-8,12-15,22-23,28,33H,5-6,9-11,16-20H2,1-2H3,(H,32,36)(H,34,37)/t22-,28-/m0/s1. The first-order valence-corrected chi connectivity index (χ1v) is 14.1. The van der Waals surface area contributed by atoms with Crippen molar-refractivity contribution in [1.82, 2.24) is 20.5 Å². The van der Waals surface area contributed by atoms with E-state index in [1.807, 2.05) is 62.4 Å². The van der Waals surface area contributed by atoms with Crippen molar-refractivity contribution in [3.8, 4) is 5.75 Å². The SMILES string of the molecule is Cc1c(C(=O)N[C@@H](CCC2CC2)C(=O)N[C@@H](C)c2ccc(OCCN3CCCC3)cc2)[nH]c2ccccc12. The molecule has 7 nitrogen and oxygen atoms in total. The van der Waals surface area contributed by atoms with Gasteiger partial charge in [-0.1, -0.05) is 43.2 Å². The number of fused-ring (bicyclic) bond motifs is 1. The summed E-state index contributed by atoms with van der Waals surface area (Å²) in [6, 6.07) is 15.0. The zero-order chi connectivity index (χ0) is 26.5. The number of nitrogens with zero attached hydrogens (tertiary/aromatic N) is 1. The molecule has 5 rings (SSSR count). The smallest absolute Gasteiger partial charge is 0.268 e. The molecule has 1 saturated carbocycles. The summed E-state index contributed by atoms with van der Waals surface area (Å²) in [6.07, 6.45) is 6.58. The molecular weight excluding hydrogens is 476 g/mol. The number of H-pyrrole nitrogens is 1. The van der Waals surface area contributed by atoms with Crippen LogP contribution in [-0.4, -0.2) is 54.0 Å². The summed E-state index contributed by atoms with van der Waals surface area (Å²) in [5, 5.41) is 7.17. The van der Waals surface area contributed by atoms with Crippen LogP contribution in [-0.2, 0) is 4.79 Å². The van der Waals surface area contributed by atoms with Crippen LogP contribution in [0.2, 0.25) is 0 Å². The van der Waals surface area contributed by atoms with Crippen LogP contribution in [0, 0.1) is 12.8 Å². The van der Waals surface area contributed by atoms with Crippen LogP contribution in [0.25, 0.3) is 10.9 Å². The number of rotatable bonds is 12. The second-order valence-electron chi connectivity index (χ2n) is 10.9. The van der Waals surface area contributed by atoms with Crippen LogP contribution in [0.1, 0.15) is 73.1 Å². The van der Waals surface area contributed by atoms with Crippen LogP contribution in [0.5, 0.6) is 5.75 Å². The van der Waals surface area contributed by atoms with Crippen LogP contribution >= 0.6 is 0 Å². The number of hydrogen-bond acceptors (Lipinski definition) is 4. The van der Waals surface area contributed by atoms with Gasteiger partial charge in [0.2, 0.25) is 5.91 Å². The van der Waals surface area contributed by atoms with Crippen molar-refractivity contribution in [3.63, 3.8) is 0 Å². The van der Waals surface area contributed by atoms with Gasteiger partial charge in [-0.2, -0.15) is 0 Å². The third kappa shape index (κ3) is 6.57. The molecule has 3 N–H and O–H groups in total. The minimum Gasteiger partial charge on any atom is -0.492 e. The second kappa shape index (κ2) is 12.0. The predicted molar refractivity (Wildman–Crippen MR) is 150 cm³/mol. The predicted octanol–water partition coefficient (Wildman–Crippen LogP) is 5.12. The van der Waals surface area contributed by atoms with E-state index in [0.29, 0.717) is 24.6 Å². The maximum Gasteiger partial charge on any atom is 0.268 e. The minimum atomic E-state index is -0.579. The molecule has 7 heteroatoms. The molecule has 2 amide bonds. The Morgan fingerprint density at radius 1 is 1.05 bits per heavy atom. The number of carbonyl (C=O) groups excluding carboxylic acids is 2. The highest BCUT2D eigenvalue weighted by molar-refractivity contribution is 6.02. The number of nitrogens with one attached hydrogen (secondary N) is 3. The fourth-order valence-electron chi connectivity index (χ4n) is 5.37. The molecule has 2 heterocycles. The average molecular weight is 517 g/mol. The maximum absolute atomic E-state index is 13.4. The third-order valence-corrected chi connectivity index (χ3v) is 7.99. The van der Waals surface area contributed by atoms with Crippen molar-refractivity contribution < 1.29 is 14.3 Å². The van der Waals surface area contributed by atoms with E-state index >= 15 is 0 Å². The molecule has 2 atom stereocenters. The largest absolute Gasteiger partial charge is 0.492 e. The number of hydrogen-bond donors (Lipinski definition) is 3. The molecule has 0 spiro atoms. The van der Waals surface area contributed by atoms with Crippen molar-refractivity contribution in [1.29, 1.82) is 0 Å². The van der Waals surface area contributed by atoms with Crippen LogP contribution in [0.4, 0.5) is 0 Å². The number of aryl methyl sites for hydroxylation is 1. The summed E-state index contributed by atoms with van der Waals surface area (Å²) in [7, 11) is 0. The first-order chi connectivity index (χ1) is 18.5. The quantitative estimate of drug-likeness (QED) is 0.312. The first kappa shape index (κ1) is 26.3. The molecule has 3 aromatic rings. The lowest BCUT2D eigenvalue weighted by Crippen LogP contribution is -2.47. The summed E-state index contributed by atoms with van der Waals surface area (Å²) >= 11 is 0. The number of benzene rings is 2. The molecular formula is C31H40N4O3. The van der Waals surface area contributed by atoms with E-state index in [0.717, 1.165) is 40.7 Å². The van der Waals surface area contributed by atoms with Crippen LogP contribution < -0.4 is 15.4 Å². The Bertz CT molecular complexity index is 1240. The Balaban J connectivity index is 1.18.